The highest BCUT2D eigenvalue weighted by atomic mass is 32.2. The number of fused-ring (bicyclic) bond motifs is 2. The molecule has 3 atom stereocenters. The second-order valence-corrected chi connectivity index (χ2v) is 10.4. The maximum absolute atomic E-state index is 13.4. The molecule has 1 fully saturated rings. The Morgan fingerprint density at radius 2 is 2.03 bits per heavy atom. The number of hydrogen-bond acceptors (Lipinski definition) is 6. The van der Waals surface area contributed by atoms with E-state index in [1.807, 2.05) is 30.3 Å². The smallest absolute Gasteiger partial charge is 0.227 e. The van der Waals surface area contributed by atoms with Crippen LogP contribution in [0.4, 0.5) is 11.6 Å². The second kappa shape index (κ2) is 8.03. The van der Waals surface area contributed by atoms with Gasteiger partial charge in [-0.25, -0.2) is 9.97 Å². The van der Waals surface area contributed by atoms with Crippen LogP contribution in [0.1, 0.15) is 42.0 Å². The molecule has 3 aromatic rings. The summed E-state index contributed by atoms with van der Waals surface area (Å²) in [5.74, 6) is 2.44. The van der Waals surface area contributed by atoms with E-state index in [1.54, 1.807) is 25.1 Å². The Labute approximate surface area is 197 Å². The Hall–Kier alpha value is -3.12. The number of ether oxygens (including phenoxy) is 1. The molecule has 33 heavy (non-hydrogen) atoms. The summed E-state index contributed by atoms with van der Waals surface area (Å²) in [6, 6.07) is 18.2. The predicted molar refractivity (Wildman–Crippen MR) is 132 cm³/mol. The van der Waals surface area contributed by atoms with Crippen molar-refractivity contribution in [2.24, 2.45) is 5.92 Å². The first-order chi connectivity index (χ1) is 16.1. The van der Waals surface area contributed by atoms with E-state index in [1.165, 1.54) is 11.1 Å². The molecule has 3 aliphatic rings. The van der Waals surface area contributed by atoms with Crippen LogP contribution in [0.15, 0.2) is 66.9 Å². The van der Waals surface area contributed by atoms with Gasteiger partial charge in [-0.1, -0.05) is 30.3 Å². The van der Waals surface area contributed by atoms with Gasteiger partial charge < -0.3 is 10.1 Å². The molecular weight excluding hydrogens is 430 g/mol. The Morgan fingerprint density at radius 1 is 1.18 bits per heavy atom. The largest absolute Gasteiger partial charge is 0.497 e. The number of ketones is 1. The second-order valence-electron chi connectivity index (χ2n) is 9.01. The Balaban J connectivity index is 1.14. The van der Waals surface area contributed by atoms with Gasteiger partial charge in [-0.05, 0) is 66.6 Å². The zero-order chi connectivity index (χ0) is 22.4. The molecule has 0 amide bonds. The van der Waals surface area contributed by atoms with Crippen LogP contribution >= 0.6 is 11.8 Å². The average molecular weight is 456 g/mol. The number of Topliss-reactive ketones (excluding diaryl/α,β-unsaturated/α-hetero) is 1. The number of nitrogens with zero attached hydrogens (tertiary/aromatic N) is 2. The quantitative estimate of drug-likeness (QED) is 0.488. The number of carbonyl (C=O) groups excluding carboxylic acids is 1. The van der Waals surface area contributed by atoms with E-state index >= 15 is 0 Å². The molecule has 6 heteroatoms. The van der Waals surface area contributed by atoms with Crippen molar-refractivity contribution < 1.29 is 9.53 Å². The first kappa shape index (κ1) is 20.5. The standard InChI is InChI=1S/C27H25N3O2S/c1-32-21-10-8-20(9-11-21)29-26-28-13-12-23(30-26)24-15-19-16-27(19,33-24)25(31)14-18-7-6-17-4-2-3-5-22(17)18/h2-5,8-13,15,18-19H,6-7,14,16H2,1H3,(H,28,29,30). The molecule has 1 saturated carbocycles. The lowest BCUT2D eigenvalue weighted by Crippen LogP contribution is -2.21. The van der Waals surface area contributed by atoms with Crippen molar-refractivity contribution in [3.63, 3.8) is 0 Å². The van der Waals surface area contributed by atoms with Crippen molar-refractivity contribution in [1.82, 2.24) is 9.97 Å². The fourth-order valence-electron chi connectivity index (χ4n) is 5.12. The van der Waals surface area contributed by atoms with Gasteiger partial charge in [-0.3, -0.25) is 4.79 Å². The molecule has 3 unspecified atom stereocenters. The molecule has 2 heterocycles. The zero-order valence-corrected chi connectivity index (χ0v) is 19.3. The summed E-state index contributed by atoms with van der Waals surface area (Å²) in [5.41, 5.74) is 4.56. The fourth-order valence-corrected chi connectivity index (χ4v) is 6.64. The topological polar surface area (TPSA) is 64.1 Å². The fraction of sp³-hybridized carbons (Fsp3) is 0.296. The van der Waals surface area contributed by atoms with E-state index in [0.717, 1.165) is 41.3 Å². The number of hydrogen-bond donors (Lipinski definition) is 1. The van der Waals surface area contributed by atoms with Crippen LogP contribution in [0.3, 0.4) is 0 Å². The molecule has 6 rings (SSSR count). The third-order valence-electron chi connectivity index (χ3n) is 7.02. The minimum Gasteiger partial charge on any atom is -0.497 e. The zero-order valence-electron chi connectivity index (χ0n) is 18.5. The minimum atomic E-state index is -0.276. The van der Waals surface area contributed by atoms with E-state index < -0.39 is 0 Å². The third kappa shape index (κ3) is 3.72. The first-order valence-electron chi connectivity index (χ1n) is 11.4. The number of allylic oxidation sites excluding steroid dienone is 1. The van der Waals surface area contributed by atoms with Crippen LogP contribution in [0.2, 0.25) is 0 Å². The monoisotopic (exact) mass is 455 g/mol. The molecule has 2 aromatic carbocycles. The van der Waals surface area contributed by atoms with Crippen molar-refractivity contribution in [2.75, 3.05) is 12.4 Å². The summed E-state index contributed by atoms with van der Waals surface area (Å²) in [5, 5.41) is 3.25. The number of thioether (sulfide) groups is 1. The molecule has 1 aromatic heterocycles. The third-order valence-corrected chi connectivity index (χ3v) is 8.65. The molecule has 166 valence electrons. The van der Waals surface area contributed by atoms with Crippen molar-refractivity contribution in [2.45, 2.75) is 36.3 Å². The molecule has 0 bridgehead atoms. The van der Waals surface area contributed by atoms with Gasteiger partial charge in [0.2, 0.25) is 5.95 Å². The number of rotatable bonds is 7. The lowest BCUT2D eigenvalue weighted by atomic mass is 9.93. The molecule has 0 saturated heterocycles. The summed E-state index contributed by atoms with van der Waals surface area (Å²) in [4.78, 5) is 23.6. The number of carbonyl (C=O) groups is 1. The summed E-state index contributed by atoms with van der Waals surface area (Å²) in [6.45, 7) is 0. The number of nitrogens with one attached hydrogen (secondary N) is 1. The molecule has 0 spiro atoms. The van der Waals surface area contributed by atoms with Crippen molar-refractivity contribution in [3.05, 3.63) is 83.7 Å². The highest BCUT2D eigenvalue weighted by molar-refractivity contribution is 8.10. The molecule has 0 radical (unpaired) electrons. The predicted octanol–water partition coefficient (Wildman–Crippen LogP) is 5.76. The van der Waals surface area contributed by atoms with Gasteiger partial charge >= 0.3 is 0 Å². The van der Waals surface area contributed by atoms with Gasteiger partial charge in [0.25, 0.3) is 0 Å². The lowest BCUT2D eigenvalue weighted by Gasteiger charge is -2.17. The summed E-state index contributed by atoms with van der Waals surface area (Å²) >= 11 is 1.71. The minimum absolute atomic E-state index is 0.276. The summed E-state index contributed by atoms with van der Waals surface area (Å²) in [6.07, 6.45) is 7.79. The Kier molecular flexibility index (Phi) is 4.98. The van der Waals surface area contributed by atoms with Crippen LogP contribution in [0.5, 0.6) is 5.75 Å². The van der Waals surface area contributed by atoms with Crippen molar-refractivity contribution in [3.8, 4) is 5.75 Å². The summed E-state index contributed by atoms with van der Waals surface area (Å²) in [7, 11) is 1.65. The van der Waals surface area contributed by atoms with E-state index in [0.29, 0.717) is 30.0 Å². The van der Waals surface area contributed by atoms with E-state index in [9.17, 15) is 4.79 Å². The van der Waals surface area contributed by atoms with Gasteiger partial charge in [0.15, 0.2) is 0 Å². The number of anilines is 2. The number of aryl methyl sites for hydroxylation is 1. The van der Waals surface area contributed by atoms with E-state index in [2.05, 4.69) is 40.6 Å². The highest BCUT2D eigenvalue weighted by Crippen LogP contribution is 2.66. The highest BCUT2D eigenvalue weighted by Gasteiger charge is 2.63. The Bertz CT molecular complexity index is 1260. The normalized spacial score (nSPS) is 24.6. The summed E-state index contributed by atoms with van der Waals surface area (Å²) < 4.78 is 4.93. The average Bonchev–Trinajstić information content (AvgIpc) is 3.20. The SMILES string of the molecule is COc1ccc(Nc2nccc(C3=CC4CC4(C(=O)CC4CCc5ccccc54)S3)n2)cc1. The number of benzene rings is 2. The van der Waals surface area contributed by atoms with Crippen molar-refractivity contribution in [1.29, 1.82) is 0 Å². The molecule has 5 nitrogen and oxygen atoms in total. The van der Waals surface area contributed by atoms with Crippen LogP contribution in [-0.4, -0.2) is 27.6 Å². The van der Waals surface area contributed by atoms with Gasteiger partial charge in [0.05, 0.1) is 17.6 Å². The van der Waals surface area contributed by atoms with Crippen LogP contribution in [0, 0.1) is 5.92 Å². The van der Waals surface area contributed by atoms with Crippen LogP contribution < -0.4 is 10.1 Å². The van der Waals surface area contributed by atoms with Crippen LogP contribution in [-0.2, 0) is 11.2 Å². The number of aromatic nitrogens is 2. The van der Waals surface area contributed by atoms with Crippen molar-refractivity contribution >= 4 is 34.1 Å². The van der Waals surface area contributed by atoms with Gasteiger partial charge in [-0.2, -0.15) is 0 Å². The van der Waals surface area contributed by atoms with E-state index in [4.69, 9.17) is 9.72 Å². The molecule has 1 N–H and O–H groups in total. The number of methoxy groups -OCH3 is 1. The van der Waals surface area contributed by atoms with Gasteiger partial charge in [0.1, 0.15) is 11.5 Å². The lowest BCUT2D eigenvalue weighted by molar-refractivity contribution is -0.119. The maximum Gasteiger partial charge on any atom is 0.227 e. The molecular formula is C27H25N3O2S. The maximum atomic E-state index is 13.4. The first-order valence-corrected chi connectivity index (χ1v) is 12.2. The Morgan fingerprint density at radius 3 is 2.88 bits per heavy atom. The molecule has 2 aliphatic carbocycles. The van der Waals surface area contributed by atoms with E-state index in [-0.39, 0.29) is 4.75 Å². The van der Waals surface area contributed by atoms with Gasteiger partial charge in [-0.15, -0.1) is 11.8 Å². The van der Waals surface area contributed by atoms with Gasteiger partial charge in [0, 0.05) is 29.1 Å². The molecule has 1 aliphatic heterocycles. The van der Waals surface area contributed by atoms with Crippen LogP contribution in [0.25, 0.3) is 4.91 Å².